The molecule has 0 bridgehead atoms. The van der Waals surface area contributed by atoms with E-state index >= 15 is 0 Å². The maximum atomic E-state index is 12.3. The van der Waals surface area contributed by atoms with Crippen molar-refractivity contribution >= 4 is 15.7 Å². The van der Waals surface area contributed by atoms with Crippen molar-refractivity contribution in [2.45, 2.75) is 25.3 Å². The van der Waals surface area contributed by atoms with E-state index in [0.717, 1.165) is 5.56 Å². The lowest BCUT2D eigenvalue weighted by Gasteiger charge is -2.08. The smallest absolute Gasteiger partial charge is 0.265 e. The van der Waals surface area contributed by atoms with Gasteiger partial charge in [0.15, 0.2) is 0 Å². The van der Waals surface area contributed by atoms with Gasteiger partial charge < -0.3 is 5.11 Å². The van der Waals surface area contributed by atoms with Crippen molar-refractivity contribution < 1.29 is 13.5 Å². The van der Waals surface area contributed by atoms with Crippen molar-refractivity contribution in [3.63, 3.8) is 0 Å². The van der Waals surface area contributed by atoms with Crippen LogP contribution in [0.3, 0.4) is 0 Å². The average molecular weight is 282 g/mol. The Labute approximate surface area is 110 Å². The normalized spacial score (nSPS) is 11.5. The summed E-state index contributed by atoms with van der Waals surface area (Å²) in [5, 5.41) is 15.4. The second-order valence-corrected chi connectivity index (χ2v) is 5.76. The van der Waals surface area contributed by atoms with E-state index in [0.29, 0.717) is 11.4 Å². The number of hydrogen-bond donors (Lipinski definition) is 3. The molecule has 2 aromatic heterocycles. The summed E-state index contributed by atoms with van der Waals surface area (Å²) >= 11 is 0. The van der Waals surface area contributed by atoms with Crippen molar-refractivity contribution in [1.29, 1.82) is 0 Å². The van der Waals surface area contributed by atoms with E-state index in [1.165, 1.54) is 6.20 Å². The molecule has 0 aromatic carbocycles. The molecule has 3 N–H and O–H groups in total. The van der Waals surface area contributed by atoms with Crippen LogP contribution in [0.25, 0.3) is 0 Å². The summed E-state index contributed by atoms with van der Waals surface area (Å²) in [6, 6.07) is 1.67. The highest BCUT2D eigenvalue weighted by Crippen LogP contribution is 2.21. The quantitative estimate of drug-likeness (QED) is 0.765. The van der Waals surface area contributed by atoms with E-state index in [2.05, 4.69) is 19.9 Å². The third-order valence-corrected chi connectivity index (χ3v) is 4.09. The lowest BCUT2D eigenvalue weighted by Crippen LogP contribution is -2.15. The zero-order valence-corrected chi connectivity index (χ0v) is 11.3. The van der Waals surface area contributed by atoms with Crippen LogP contribution in [0.4, 0.5) is 5.69 Å². The monoisotopic (exact) mass is 282 g/mol. The second kappa shape index (κ2) is 4.98. The molecule has 0 aliphatic carbocycles. The van der Waals surface area contributed by atoms with Crippen LogP contribution < -0.4 is 4.72 Å². The molecule has 2 rings (SSSR count). The van der Waals surface area contributed by atoms with E-state index in [9.17, 15) is 8.42 Å². The summed E-state index contributed by atoms with van der Waals surface area (Å²) in [6.07, 6.45) is 3.04. The van der Waals surface area contributed by atoms with E-state index < -0.39 is 16.6 Å². The zero-order valence-electron chi connectivity index (χ0n) is 10.5. The number of aromatic nitrogens is 3. The van der Waals surface area contributed by atoms with Gasteiger partial charge in [-0.25, -0.2) is 8.42 Å². The van der Waals surface area contributed by atoms with Crippen LogP contribution in [0.5, 0.6) is 0 Å². The first-order valence-corrected chi connectivity index (χ1v) is 7.01. The fourth-order valence-corrected chi connectivity index (χ4v) is 3.14. The Morgan fingerprint density at radius 3 is 2.74 bits per heavy atom. The molecule has 7 nitrogen and oxygen atoms in total. The molecule has 0 aliphatic heterocycles. The number of anilines is 1. The first kappa shape index (κ1) is 13.5. The van der Waals surface area contributed by atoms with Crippen LogP contribution in [0, 0.1) is 13.8 Å². The fraction of sp³-hybridized carbons (Fsp3) is 0.273. The first-order valence-electron chi connectivity index (χ1n) is 5.53. The van der Waals surface area contributed by atoms with Crippen LogP contribution in [-0.2, 0) is 16.6 Å². The van der Waals surface area contributed by atoms with Gasteiger partial charge in [0.1, 0.15) is 10.6 Å². The largest absolute Gasteiger partial charge is 0.390 e. The molecule has 102 valence electrons. The van der Waals surface area contributed by atoms with Gasteiger partial charge in [0, 0.05) is 6.20 Å². The Balaban J connectivity index is 2.40. The maximum absolute atomic E-state index is 12.3. The first-order chi connectivity index (χ1) is 8.94. The standard InChI is InChI=1S/C11H14N4O3S/c1-7-3-9(5-12-4-7)15-19(17,18)11-8(2)13-14-10(11)6-16/h3-5,15-16H,6H2,1-2H3,(H,13,14). The predicted molar refractivity (Wildman–Crippen MR) is 69.0 cm³/mol. The van der Waals surface area contributed by atoms with Crippen molar-refractivity contribution in [3.05, 3.63) is 35.4 Å². The molecule has 0 fully saturated rings. The summed E-state index contributed by atoms with van der Waals surface area (Å²) in [4.78, 5) is 3.88. The second-order valence-electron chi connectivity index (χ2n) is 4.14. The summed E-state index contributed by atoms with van der Waals surface area (Å²) in [5.41, 5.74) is 1.67. The summed E-state index contributed by atoms with van der Waals surface area (Å²) in [6.45, 7) is 2.94. The molecular formula is C11H14N4O3S. The Morgan fingerprint density at radius 2 is 2.11 bits per heavy atom. The lowest BCUT2D eigenvalue weighted by molar-refractivity contribution is 0.273. The van der Waals surface area contributed by atoms with Crippen LogP contribution in [-0.4, -0.2) is 28.7 Å². The van der Waals surface area contributed by atoms with Crippen LogP contribution in [0.15, 0.2) is 23.4 Å². The summed E-state index contributed by atoms with van der Waals surface area (Å²) < 4.78 is 26.9. The molecule has 19 heavy (non-hydrogen) atoms. The van der Waals surface area contributed by atoms with Crippen molar-refractivity contribution in [3.8, 4) is 0 Å². The van der Waals surface area contributed by atoms with Gasteiger partial charge in [0.05, 0.1) is 24.2 Å². The van der Waals surface area contributed by atoms with Crippen LogP contribution in [0.1, 0.15) is 17.0 Å². The Bertz CT molecular complexity index is 694. The van der Waals surface area contributed by atoms with E-state index in [4.69, 9.17) is 5.11 Å². The molecule has 0 radical (unpaired) electrons. The van der Waals surface area contributed by atoms with Gasteiger partial charge in [-0.05, 0) is 25.5 Å². The molecule has 0 atom stereocenters. The van der Waals surface area contributed by atoms with E-state index in [-0.39, 0.29) is 10.6 Å². The van der Waals surface area contributed by atoms with Gasteiger partial charge in [0.25, 0.3) is 10.0 Å². The molecule has 2 aromatic rings. The van der Waals surface area contributed by atoms with Crippen LogP contribution in [0.2, 0.25) is 0 Å². The third-order valence-electron chi connectivity index (χ3n) is 2.51. The van der Waals surface area contributed by atoms with Gasteiger partial charge in [0.2, 0.25) is 0 Å². The lowest BCUT2D eigenvalue weighted by atomic mass is 10.3. The van der Waals surface area contributed by atoms with Gasteiger partial charge >= 0.3 is 0 Å². The minimum Gasteiger partial charge on any atom is -0.390 e. The molecule has 0 saturated heterocycles. The number of rotatable bonds is 4. The molecule has 0 saturated carbocycles. The number of aliphatic hydroxyl groups is 1. The number of hydrogen-bond acceptors (Lipinski definition) is 5. The maximum Gasteiger partial charge on any atom is 0.265 e. The zero-order chi connectivity index (χ0) is 14.0. The third kappa shape index (κ3) is 2.74. The van der Waals surface area contributed by atoms with E-state index in [1.807, 2.05) is 6.92 Å². The highest BCUT2D eigenvalue weighted by molar-refractivity contribution is 7.92. The molecule has 0 unspecified atom stereocenters. The number of pyridine rings is 1. The minimum absolute atomic E-state index is 0.0310. The Hall–Kier alpha value is -1.93. The number of H-pyrrole nitrogens is 1. The number of aryl methyl sites for hydroxylation is 2. The molecule has 0 amide bonds. The Morgan fingerprint density at radius 1 is 1.37 bits per heavy atom. The van der Waals surface area contributed by atoms with E-state index in [1.54, 1.807) is 19.2 Å². The van der Waals surface area contributed by atoms with Crippen molar-refractivity contribution in [1.82, 2.24) is 15.2 Å². The topological polar surface area (TPSA) is 108 Å². The highest BCUT2D eigenvalue weighted by Gasteiger charge is 2.24. The Kier molecular flexibility index (Phi) is 3.54. The molecule has 2 heterocycles. The predicted octanol–water partition coefficient (Wildman–Crippen LogP) is 0.715. The van der Waals surface area contributed by atoms with Crippen molar-refractivity contribution in [2.24, 2.45) is 0 Å². The number of nitrogens with one attached hydrogen (secondary N) is 2. The van der Waals surface area contributed by atoms with Gasteiger partial charge in [-0.1, -0.05) is 0 Å². The number of aromatic amines is 1. The molecular weight excluding hydrogens is 268 g/mol. The summed E-state index contributed by atoms with van der Waals surface area (Å²) in [7, 11) is -3.80. The van der Waals surface area contributed by atoms with Gasteiger partial charge in [-0.3, -0.25) is 14.8 Å². The fourth-order valence-electron chi connectivity index (χ4n) is 1.75. The SMILES string of the molecule is Cc1cncc(NS(=O)(=O)c2c(CO)n[nH]c2C)c1. The summed E-state index contributed by atoms with van der Waals surface area (Å²) in [5.74, 6) is 0. The highest BCUT2D eigenvalue weighted by atomic mass is 32.2. The molecule has 8 heteroatoms. The van der Waals surface area contributed by atoms with Gasteiger partial charge in [-0.2, -0.15) is 5.10 Å². The number of nitrogens with zero attached hydrogens (tertiary/aromatic N) is 2. The molecule has 0 spiro atoms. The van der Waals surface area contributed by atoms with Crippen molar-refractivity contribution in [2.75, 3.05) is 4.72 Å². The minimum atomic E-state index is -3.80. The number of aliphatic hydroxyl groups excluding tert-OH is 1. The van der Waals surface area contributed by atoms with Gasteiger partial charge in [-0.15, -0.1) is 0 Å². The number of sulfonamides is 1. The molecule has 0 aliphatic rings. The average Bonchev–Trinajstić information content (AvgIpc) is 2.70. The van der Waals surface area contributed by atoms with Crippen LogP contribution >= 0.6 is 0 Å².